The third-order valence-corrected chi connectivity index (χ3v) is 5.10. The first-order valence-corrected chi connectivity index (χ1v) is 8.96. The van der Waals surface area contributed by atoms with Crippen molar-refractivity contribution in [3.8, 4) is 6.07 Å². The van der Waals surface area contributed by atoms with Gasteiger partial charge in [-0.3, -0.25) is 4.90 Å². The van der Waals surface area contributed by atoms with E-state index < -0.39 is 0 Å². The molecule has 132 valence electrons. The van der Waals surface area contributed by atoms with Crippen LogP contribution >= 0.6 is 0 Å². The normalized spacial score (nSPS) is 17.5. The Balaban J connectivity index is 1.36. The summed E-state index contributed by atoms with van der Waals surface area (Å²) in [6, 6.07) is 14.0. The van der Waals surface area contributed by atoms with E-state index in [9.17, 15) is 0 Å². The molecule has 0 amide bonds. The van der Waals surface area contributed by atoms with Crippen LogP contribution in [0.2, 0.25) is 0 Å². The summed E-state index contributed by atoms with van der Waals surface area (Å²) in [7, 11) is 2.09. The van der Waals surface area contributed by atoms with Gasteiger partial charge in [0.15, 0.2) is 0 Å². The number of nitrogens with one attached hydrogen (secondary N) is 1. The summed E-state index contributed by atoms with van der Waals surface area (Å²) in [4.78, 5) is 11.5. The molecule has 3 aromatic rings. The molecule has 6 nitrogen and oxygen atoms in total. The van der Waals surface area contributed by atoms with Gasteiger partial charge < -0.3 is 9.88 Å². The SMILES string of the molecule is Cn1c(CN2CC[C@H](CNc3ncccc3C#N)C2)nc2ccccc21. The van der Waals surface area contributed by atoms with E-state index in [1.165, 1.54) is 5.52 Å². The molecule has 1 saturated heterocycles. The van der Waals surface area contributed by atoms with Crippen molar-refractivity contribution in [1.29, 1.82) is 5.26 Å². The lowest BCUT2D eigenvalue weighted by atomic mass is 10.1. The van der Waals surface area contributed by atoms with Crippen molar-refractivity contribution in [2.24, 2.45) is 13.0 Å². The van der Waals surface area contributed by atoms with E-state index in [0.29, 0.717) is 17.3 Å². The number of para-hydroxylation sites is 2. The minimum atomic E-state index is 0.554. The molecule has 0 spiro atoms. The monoisotopic (exact) mass is 346 g/mol. The maximum Gasteiger partial charge on any atom is 0.143 e. The van der Waals surface area contributed by atoms with Crippen molar-refractivity contribution < 1.29 is 0 Å². The van der Waals surface area contributed by atoms with Crippen LogP contribution in [0.4, 0.5) is 5.82 Å². The van der Waals surface area contributed by atoms with Crippen molar-refractivity contribution in [3.63, 3.8) is 0 Å². The van der Waals surface area contributed by atoms with Crippen LogP contribution in [-0.4, -0.2) is 39.1 Å². The minimum Gasteiger partial charge on any atom is -0.369 e. The van der Waals surface area contributed by atoms with E-state index >= 15 is 0 Å². The largest absolute Gasteiger partial charge is 0.369 e. The van der Waals surface area contributed by atoms with Crippen LogP contribution in [0.3, 0.4) is 0 Å². The van der Waals surface area contributed by atoms with Gasteiger partial charge in [-0.05, 0) is 43.1 Å². The van der Waals surface area contributed by atoms with E-state index in [4.69, 9.17) is 10.2 Å². The molecule has 0 unspecified atom stereocenters. The first-order chi connectivity index (χ1) is 12.7. The molecule has 2 aromatic heterocycles. The second-order valence-electron chi connectivity index (χ2n) is 6.86. The van der Waals surface area contributed by atoms with E-state index in [1.807, 2.05) is 6.07 Å². The zero-order valence-electron chi connectivity index (χ0n) is 14.9. The molecule has 1 atom stereocenters. The predicted molar refractivity (Wildman–Crippen MR) is 102 cm³/mol. The highest BCUT2D eigenvalue weighted by Gasteiger charge is 2.24. The van der Waals surface area contributed by atoms with Crippen LogP contribution in [-0.2, 0) is 13.6 Å². The summed E-state index contributed by atoms with van der Waals surface area (Å²) in [5.74, 6) is 2.35. The minimum absolute atomic E-state index is 0.554. The van der Waals surface area contributed by atoms with Crippen molar-refractivity contribution >= 4 is 16.9 Å². The third-order valence-electron chi connectivity index (χ3n) is 5.10. The van der Waals surface area contributed by atoms with Crippen LogP contribution in [0.1, 0.15) is 17.8 Å². The number of nitrogens with zero attached hydrogens (tertiary/aromatic N) is 5. The number of hydrogen-bond donors (Lipinski definition) is 1. The first-order valence-electron chi connectivity index (χ1n) is 8.96. The zero-order chi connectivity index (χ0) is 17.9. The zero-order valence-corrected chi connectivity index (χ0v) is 14.9. The molecule has 4 rings (SSSR count). The summed E-state index contributed by atoms with van der Waals surface area (Å²) >= 11 is 0. The number of fused-ring (bicyclic) bond motifs is 1. The second kappa shape index (κ2) is 7.14. The summed E-state index contributed by atoms with van der Waals surface area (Å²) in [6.07, 6.45) is 2.86. The van der Waals surface area contributed by atoms with Crippen molar-refractivity contribution in [1.82, 2.24) is 19.4 Å². The number of anilines is 1. The van der Waals surface area contributed by atoms with Crippen molar-refractivity contribution in [3.05, 3.63) is 54.0 Å². The Morgan fingerprint density at radius 3 is 3.00 bits per heavy atom. The Hall–Kier alpha value is -2.91. The van der Waals surface area contributed by atoms with Gasteiger partial charge in [0.2, 0.25) is 0 Å². The van der Waals surface area contributed by atoms with Crippen LogP contribution in [0.15, 0.2) is 42.6 Å². The smallest absolute Gasteiger partial charge is 0.143 e. The number of likely N-dealkylation sites (tertiary alicyclic amines) is 1. The lowest BCUT2D eigenvalue weighted by Gasteiger charge is -2.16. The van der Waals surface area contributed by atoms with Gasteiger partial charge in [-0.1, -0.05) is 12.1 Å². The molecule has 0 bridgehead atoms. The Morgan fingerprint density at radius 2 is 2.15 bits per heavy atom. The van der Waals surface area contributed by atoms with Crippen LogP contribution in [0.5, 0.6) is 0 Å². The molecule has 0 saturated carbocycles. The summed E-state index contributed by atoms with van der Waals surface area (Å²) in [5, 5.41) is 12.5. The van der Waals surface area contributed by atoms with Crippen LogP contribution < -0.4 is 5.32 Å². The molecule has 1 N–H and O–H groups in total. The molecule has 0 radical (unpaired) electrons. The molecule has 3 heterocycles. The van der Waals surface area contributed by atoms with E-state index in [-0.39, 0.29) is 0 Å². The van der Waals surface area contributed by atoms with Crippen LogP contribution in [0.25, 0.3) is 11.0 Å². The molecular formula is C20H22N6. The Kier molecular flexibility index (Phi) is 4.55. The topological polar surface area (TPSA) is 69.8 Å². The molecule has 0 aliphatic carbocycles. The lowest BCUT2D eigenvalue weighted by Crippen LogP contribution is -2.24. The molecule has 26 heavy (non-hydrogen) atoms. The highest BCUT2D eigenvalue weighted by molar-refractivity contribution is 5.75. The number of aromatic nitrogens is 3. The Bertz CT molecular complexity index is 954. The summed E-state index contributed by atoms with van der Waals surface area (Å²) in [5.41, 5.74) is 2.84. The molecule has 1 aliphatic rings. The van der Waals surface area contributed by atoms with Crippen LogP contribution in [0, 0.1) is 17.2 Å². The van der Waals surface area contributed by atoms with Gasteiger partial charge in [0.1, 0.15) is 17.7 Å². The van der Waals surface area contributed by atoms with Crippen molar-refractivity contribution in [2.75, 3.05) is 25.0 Å². The maximum absolute atomic E-state index is 9.15. The molecule has 1 aromatic carbocycles. The van der Waals surface area contributed by atoms with Gasteiger partial charge in [0.25, 0.3) is 0 Å². The van der Waals surface area contributed by atoms with Gasteiger partial charge in [-0.15, -0.1) is 0 Å². The highest BCUT2D eigenvalue weighted by Crippen LogP contribution is 2.21. The second-order valence-corrected chi connectivity index (χ2v) is 6.86. The Labute approximate surface area is 153 Å². The van der Waals surface area contributed by atoms with E-state index in [1.54, 1.807) is 18.3 Å². The van der Waals surface area contributed by atoms with Gasteiger partial charge in [-0.25, -0.2) is 9.97 Å². The standard InChI is InChI=1S/C20H22N6/c1-25-18-7-3-2-6-17(18)24-19(25)14-26-10-8-15(13-26)12-23-20-16(11-21)5-4-9-22-20/h2-7,9,15H,8,10,12-14H2,1H3,(H,22,23)/t15-/m1/s1. The third kappa shape index (κ3) is 3.26. The molecule has 1 aliphatic heterocycles. The number of benzene rings is 1. The molecule has 1 fully saturated rings. The van der Waals surface area contributed by atoms with E-state index in [2.05, 4.69) is 51.1 Å². The van der Waals surface area contributed by atoms with Gasteiger partial charge in [0, 0.05) is 26.3 Å². The average Bonchev–Trinajstić information content (AvgIpc) is 3.25. The summed E-state index contributed by atoms with van der Waals surface area (Å²) in [6.45, 7) is 3.81. The Morgan fingerprint density at radius 1 is 1.27 bits per heavy atom. The number of pyridine rings is 1. The van der Waals surface area contributed by atoms with Gasteiger partial charge >= 0.3 is 0 Å². The number of aryl methyl sites for hydroxylation is 1. The predicted octanol–water partition coefficient (Wildman–Crippen LogP) is 2.77. The summed E-state index contributed by atoms with van der Waals surface area (Å²) < 4.78 is 2.19. The number of nitriles is 1. The maximum atomic E-state index is 9.15. The highest BCUT2D eigenvalue weighted by atomic mass is 15.2. The lowest BCUT2D eigenvalue weighted by molar-refractivity contribution is 0.308. The molecule has 6 heteroatoms. The fourth-order valence-corrected chi connectivity index (χ4v) is 3.64. The van der Waals surface area contributed by atoms with Gasteiger partial charge in [0.05, 0.1) is 23.1 Å². The fourth-order valence-electron chi connectivity index (χ4n) is 3.64. The number of hydrogen-bond acceptors (Lipinski definition) is 5. The van der Waals surface area contributed by atoms with Gasteiger partial charge in [-0.2, -0.15) is 5.26 Å². The molecular weight excluding hydrogens is 324 g/mol. The number of imidazole rings is 1. The van der Waals surface area contributed by atoms with Crippen molar-refractivity contribution in [2.45, 2.75) is 13.0 Å². The average molecular weight is 346 g/mol. The quantitative estimate of drug-likeness (QED) is 0.769. The van der Waals surface area contributed by atoms with E-state index in [0.717, 1.165) is 43.9 Å². The number of rotatable bonds is 5. The fraction of sp³-hybridized carbons (Fsp3) is 0.350. The first kappa shape index (κ1) is 16.6.